The molecule has 1 aromatic heterocycles. The lowest BCUT2D eigenvalue weighted by Crippen LogP contribution is -2.39. The van der Waals surface area contributed by atoms with Gasteiger partial charge in [0.2, 0.25) is 0 Å². The largest absolute Gasteiger partial charge is 0.450 e. The Morgan fingerprint density at radius 3 is 2.77 bits per heavy atom. The molecule has 2 saturated heterocycles. The second kappa shape index (κ2) is 6.60. The topological polar surface area (TPSA) is 45.5 Å². The van der Waals surface area contributed by atoms with E-state index >= 15 is 0 Å². The zero-order valence-electron chi connectivity index (χ0n) is 14.8. The van der Waals surface area contributed by atoms with Gasteiger partial charge in [-0.25, -0.2) is 0 Å². The van der Waals surface area contributed by atoms with Crippen LogP contribution in [0.1, 0.15) is 35.4 Å². The van der Waals surface area contributed by atoms with E-state index in [0.29, 0.717) is 17.8 Å². The van der Waals surface area contributed by atoms with Gasteiger partial charge in [0.25, 0.3) is 5.91 Å². The molecule has 3 heterocycles. The van der Waals surface area contributed by atoms with Crippen LogP contribution in [0.15, 0.2) is 40.8 Å². The quantitative estimate of drug-likeness (QED) is 0.695. The summed E-state index contributed by atoms with van der Waals surface area (Å²) in [5.41, 5.74) is 1.78. The van der Waals surface area contributed by atoms with E-state index in [1.54, 1.807) is 0 Å². The monoisotopic (exact) mass is 370 g/mol. The highest BCUT2D eigenvalue weighted by molar-refractivity contribution is 6.08. The van der Waals surface area contributed by atoms with Crippen LogP contribution in [0.25, 0.3) is 21.7 Å². The lowest BCUT2D eigenvalue weighted by Gasteiger charge is -2.23. The minimum Gasteiger partial charge on any atom is -0.450 e. The van der Waals surface area contributed by atoms with Crippen LogP contribution in [0.3, 0.4) is 0 Å². The normalized spacial score (nSPS) is 22.4. The average molecular weight is 371 g/mol. The summed E-state index contributed by atoms with van der Waals surface area (Å²) in [6.45, 7) is 3.59. The Kier molecular flexibility index (Phi) is 4.41. The van der Waals surface area contributed by atoms with E-state index < -0.39 is 0 Å². The van der Waals surface area contributed by atoms with Crippen molar-refractivity contribution < 1.29 is 9.21 Å². The van der Waals surface area contributed by atoms with E-state index in [1.165, 1.54) is 6.42 Å². The molecule has 3 aromatic rings. The van der Waals surface area contributed by atoms with E-state index in [9.17, 15) is 4.79 Å². The summed E-state index contributed by atoms with van der Waals surface area (Å²) in [7, 11) is 0. The highest BCUT2D eigenvalue weighted by Crippen LogP contribution is 2.33. The number of furan rings is 1. The van der Waals surface area contributed by atoms with Crippen molar-refractivity contribution in [1.29, 1.82) is 0 Å². The molecule has 2 aliphatic heterocycles. The number of nitrogens with one attached hydrogen (secondary N) is 1. The van der Waals surface area contributed by atoms with Crippen molar-refractivity contribution in [3.63, 3.8) is 0 Å². The minimum atomic E-state index is 0. The molecule has 0 saturated carbocycles. The second-order valence-electron chi connectivity index (χ2n) is 7.40. The number of hydrogen-bond acceptors (Lipinski definition) is 3. The van der Waals surface area contributed by atoms with Gasteiger partial charge < -0.3 is 14.6 Å². The summed E-state index contributed by atoms with van der Waals surface area (Å²) in [5, 5.41) is 6.87. The highest BCUT2D eigenvalue weighted by Gasteiger charge is 2.33. The molecule has 0 spiro atoms. The zero-order chi connectivity index (χ0) is 17.0. The van der Waals surface area contributed by atoms with Gasteiger partial charge in [-0.1, -0.05) is 36.4 Å². The van der Waals surface area contributed by atoms with Crippen molar-refractivity contribution >= 4 is 40.1 Å². The maximum atomic E-state index is 13.2. The zero-order valence-corrected chi connectivity index (χ0v) is 15.6. The van der Waals surface area contributed by atoms with E-state index in [4.69, 9.17) is 4.42 Å². The number of hydrogen-bond donors (Lipinski definition) is 1. The maximum absolute atomic E-state index is 13.2. The molecule has 2 aromatic carbocycles. The number of aryl methyl sites for hydroxylation is 1. The van der Waals surface area contributed by atoms with Crippen LogP contribution in [-0.2, 0) is 0 Å². The van der Waals surface area contributed by atoms with Crippen molar-refractivity contribution in [2.24, 2.45) is 0 Å². The van der Waals surface area contributed by atoms with Crippen molar-refractivity contribution in [2.45, 2.75) is 38.3 Å². The van der Waals surface area contributed by atoms with E-state index in [1.807, 2.05) is 24.0 Å². The van der Waals surface area contributed by atoms with Crippen LogP contribution in [0.5, 0.6) is 0 Å². The molecule has 2 aliphatic rings. The van der Waals surface area contributed by atoms with Gasteiger partial charge >= 0.3 is 0 Å². The number of halogens is 1. The third kappa shape index (κ3) is 2.68. The number of nitrogens with zero attached hydrogens (tertiary/aromatic N) is 1. The van der Waals surface area contributed by atoms with Crippen LogP contribution >= 0.6 is 12.4 Å². The fourth-order valence-corrected chi connectivity index (χ4v) is 4.42. The Balaban J connectivity index is 0.00000168. The first-order chi connectivity index (χ1) is 12.2. The SMILES string of the molecule is Cc1c(C(=O)N2CCC3CCC(C2)N3)oc2c1ccc1ccccc12.Cl. The predicted octanol–water partition coefficient (Wildman–Crippen LogP) is 4.28. The molecule has 2 bridgehead atoms. The summed E-state index contributed by atoms with van der Waals surface area (Å²) in [6, 6.07) is 13.3. The van der Waals surface area contributed by atoms with Crippen LogP contribution in [0, 0.1) is 6.92 Å². The first kappa shape index (κ1) is 17.4. The average Bonchev–Trinajstić information content (AvgIpc) is 3.14. The van der Waals surface area contributed by atoms with Gasteiger partial charge in [0, 0.05) is 41.5 Å². The lowest BCUT2D eigenvalue weighted by molar-refractivity contribution is 0.0717. The summed E-state index contributed by atoms with van der Waals surface area (Å²) in [5.74, 6) is 0.538. The molecular formula is C21H23ClN2O2. The third-order valence-electron chi connectivity index (χ3n) is 5.83. The fraction of sp³-hybridized carbons (Fsp3) is 0.381. The Labute approximate surface area is 158 Å². The molecule has 2 unspecified atom stereocenters. The molecule has 1 N–H and O–H groups in total. The Morgan fingerprint density at radius 2 is 1.88 bits per heavy atom. The molecule has 5 heteroatoms. The van der Waals surface area contributed by atoms with Gasteiger partial charge in [-0.15, -0.1) is 12.4 Å². The Bertz CT molecular complexity index is 981. The second-order valence-corrected chi connectivity index (χ2v) is 7.40. The standard InChI is InChI=1S/C21H22N2O2.ClH/c1-13-17-9-6-14-4-2-3-5-18(14)20(17)25-19(13)21(24)23-11-10-15-7-8-16(12-23)22-15;/h2-6,9,15-16,22H,7-8,10-12H2,1H3;1H. The smallest absolute Gasteiger partial charge is 0.289 e. The molecule has 2 atom stereocenters. The number of benzene rings is 2. The van der Waals surface area contributed by atoms with E-state index in [0.717, 1.165) is 53.2 Å². The number of fused-ring (bicyclic) bond motifs is 5. The van der Waals surface area contributed by atoms with Crippen molar-refractivity contribution in [2.75, 3.05) is 13.1 Å². The third-order valence-corrected chi connectivity index (χ3v) is 5.83. The molecule has 2 fully saturated rings. The number of amides is 1. The summed E-state index contributed by atoms with van der Waals surface area (Å²) < 4.78 is 6.14. The van der Waals surface area contributed by atoms with Crippen molar-refractivity contribution in [3.05, 3.63) is 47.7 Å². The Morgan fingerprint density at radius 1 is 1.08 bits per heavy atom. The van der Waals surface area contributed by atoms with Crippen LogP contribution in [-0.4, -0.2) is 36.0 Å². The molecule has 136 valence electrons. The number of rotatable bonds is 1. The summed E-state index contributed by atoms with van der Waals surface area (Å²) in [4.78, 5) is 15.1. The molecular weight excluding hydrogens is 348 g/mol. The molecule has 0 aliphatic carbocycles. The summed E-state index contributed by atoms with van der Waals surface area (Å²) in [6.07, 6.45) is 3.44. The highest BCUT2D eigenvalue weighted by atomic mass is 35.5. The lowest BCUT2D eigenvalue weighted by atomic mass is 10.0. The fourth-order valence-electron chi connectivity index (χ4n) is 4.42. The molecule has 26 heavy (non-hydrogen) atoms. The molecule has 0 radical (unpaired) electrons. The molecule has 5 rings (SSSR count). The van der Waals surface area contributed by atoms with Gasteiger partial charge in [0.05, 0.1) is 0 Å². The Hall–Kier alpha value is -2.04. The predicted molar refractivity (Wildman–Crippen MR) is 106 cm³/mol. The molecule has 1 amide bonds. The summed E-state index contributed by atoms with van der Waals surface area (Å²) >= 11 is 0. The maximum Gasteiger partial charge on any atom is 0.289 e. The minimum absolute atomic E-state index is 0. The number of carbonyl (C=O) groups excluding carboxylic acids is 1. The van der Waals surface area contributed by atoms with Gasteiger partial charge in [-0.2, -0.15) is 0 Å². The van der Waals surface area contributed by atoms with Crippen molar-refractivity contribution in [3.8, 4) is 0 Å². The van der Waals surface area contributed by atoms with Crippen LogP contribution in [0.4, 0.5) is 0 Å². The van der Waals surface area contributed by atoms with Crippen LogP contribution in [0.2, 0.25) is 0 Å². The molecule has 4 nitrogen and oxygen atoms in total. The first-order valence-electron chi connectivity index (χ1n) is 9.17. The van der Waals surface area contributed by atoms with Gasteiger partial charge in [0.15, 0.2) is 5.76 Å². The van der Waals surface area contributed by atoms with Gasteiger partial charge in [-0.3, -0.25) is 4.79 Å². The van der Waals surface area contributed by atoms with Crippen LogP contribution < -0.4 is 5.32 Å². The van der Waals surface area contributed by atoms with Crippen molar-refractivity contribution in [1.82, 2.24) is 10.2 Å². The van der Waals surface area contributed by atoms with Gasteiger partial charge in [0.1, 0.15) is 5.58 Å². The first-order valence-corrected chi connectivity index (χ1v) is 9.17. The van der Waals surface area contributed by atoms with E-state index in [2.05, 4.69) is 29.6 Å². The number of likely N-dealkylation sites (tertiary alicyclic amines) is 1. The van der Waals surface area contributed by atoms with E-state index in [-0.39, 0.29) is 18.3 Å². The van der Waals surface area contributed by atoms with Gasteiger partial charge in [-0.05, 0) is 31.6 Å². The number of carbonyl (C=O) groups is 1.